The van der Waals surface area contributed by atoms with Crippen LogP contribution in [0, 0.1) is 0 Å². The van der Waals surface area contributed by atoms with Gasteiger partial charge in [-0.3, -0.25) is 5.73 Å². The van der Waals surface area contributed by atoms with Gasteiger partial charge in [-0.25, -0.2) is 0 Å². The van der Waals surface area contributed by atoms with Crippen molar-refractivity contribution in [1.82, 2.24) is 0 Å². The largest absolute Gasteiger partial charge is 0.473 e. The summed E-state index contributed by atoms with van der Waals surface area (Å²) < 4.78 is 5.27. The van der Waals surface area contributed by atoms with Crippen molar-refractivity contribution in [3.63, 3.8) is 0 Å². The Morgan fingerprint density at radius 3 is 3.00 bits per heavy atom. The fourth-order valence-electron chi connectivity index (χ4n) is 1.35. The van der Waals surface area contributed by atoms with Crippen LogP contribution < -0.4 is 10.5 Å². The normalized spacial score (nSPS) is 27.5. The lowest BCUT2D eigenvalue weighted by atomic mass is 10.0. The van der Waals surface area contributed by atoms with Gasteiger partial charge in [-0.2, -0.15) is 0 Å². The molecule has 12 heavy (non-hydrogen) atoms. The highest BCUT2D eigenvalue weighted by atomic mass is 16.5. The number of nitrogens with two attached hydrogens (primary N) is 1. The molecule has 3 nitrogen and oxygen atoms in total. The minimum atomic E-state index is -0.583. The third kappa shape index (κ3) is 1.17. The summed E-state index contributed by atoms with van der Waals surface area (Å²) in [5.41, 5.74) is 6.54. The van der Waals surface area contributed by atoms with Gasteiger partial charge in [0.05, 0.1) is 0 Å². The number of hydrogen-bond acceptors (Lipinski definition) is 3. The molecule has 64 valence electrons. The summed E-state index contributed by atoms with van der Waals surface area (Å²) in [6, 6.07) is 7.61. The summed E-state index contributed by atoms with van der Waals surface area (Å²) in [7, 11) is 0. The molecular formula is C9H11NO2. The van der Waals surface area contributed by atoms with Crippen molar-refractivity contribution >= 4 is 0 Å². The third-order valence-electron chi connectivity index (χ3n) is 2.04. The third-order valence-corrected chi connectivity index (χ3v) is 2.04. The summed E-state index contributed by atoms with van der Waals surface area (Å²) in [5, 5.41) is 9.37. The number of rotatable bonds is 0. The Balaban J connectivity index is 2.34. The second-order valence-electron chi connectivity index (χ2n) is 2.96. The zero-order valence-corrected chi connectivity index (χ0v) is 6.60. The summed E-state index contributed by atoms with van der Waals surface area (Å²) in [6.45, 7) is 0. The van der Waals surface area contributed by atoms with Gasteiger partial charge in [-0.05, 0) is 11.6 Å². The highest BCUT2D eigenvalue weighted by Gasteiger charge is 2.24. The lowest BCUT2D eigenvalue weighted by molar-refractivity contribution is 0.0258. The van der Waals surface area contributed by atoms with E-state index in [1.807, 2.05) is 24.3 Å². The summed E-state index contributed by atoms with van der Waals surface area (Å²) in [5.74, 6) is 0.787. The summed E-state index contributed by atoms with van der Waals surface area (Å²) >= 11 is 0. The van der Waals surface area contributed by atoms with E-state index < -0.39 is 12.3 Å². The standard InChI is InChI=1S/C9H11NO2/c10-9-7(11)5-6-3-1-2-4-8(6)12-9/h1-4,7,9,11H,5,10H2/t7-,9+/m0/s1. The molecule has 3 heteroatoms. The molecule has 0 radical (unpaired) electrons. The quantitative estimate of drug-likeness (QED) is 0.580. The molecule has 0 aromatic heterocycles. The van der Waals surface area contributed by atoms with E-state index in [9.17, 15) is 5.11 Å². The van der Waals surface area contributed by atoms with Crippen LogP contribution in [0.2, 0.25) is 0 Å². The van der Waals surface area contributed by atoms with Gasteiger partial charge in [0.25, 0.3) is 0 Å². The first-order valence-corrected chi connectivity index (χ1v) is 3.95. The molecule has 0 aliphatic carbocycles. The van der Waals surface area contributed by atoms with Crippen molar-refractivity contribution in [3.8, 4) is 5.75 Å². The molecule has 2 atom stereocenters. The monoisotopic (exact) mass is 165 g/mol. The Hall–Kier alpha value is -1.06. The Morgan fingerprint density at radius 2 is 2.17 bits per heavy atom. The average molecular weight is 165 g/mol. The predicted molar refractivity (Wildman–Crippen MR) is 44.8 cm³/mol. The van der Waals surface area contributed by atoms with Crippen LogP contribution in [-0.2, 0) is 6.42 Å². The Kier molecular flexibility index (Phi) is 1.75. The SMILES string of the molecule is N[C@@H]1Oc2ccccc2C[C@@H]1O. The van der Waals surface area contributed by atoms with Gasteiger partial charge in [-0.1, -0.05) is 18.2 Å². The van der Waals surface area contributed by atoms with Crippen LogP contribution in [0.25, 0.3) is 0 Å². The maximum absolute atomic E-state index is 9.37. The van der Waals surface area contributed by atoms with Gasteiger partial charge in [0.2, 0.25) is 0 Å². The number of hydrogen-bond donors (Lipinski definition) is 2. The van der Waals surface area contributed by atoms with E-state index in [0.29, 0.717) is 6.42 Å². The highest BCUT2D eigenvalue weighted by molar-refractivity contribution is 5.35. The fourth-order valence-corrected chi connectivity index (χ4v) is 1.35. The van der Waals surface area contributed by atoms with Crippen LogP contribution in [0.3, 0.4) is 0 Å². The molecule has 3 N–H and O–H groups in total. The molecule has 0 spiro atoms. The van der Waals surface area contributed by atoms with Gasteiger partial charge < -0.3 is 9.84 Å². The minimum absolute atomic E-state index is 0.581. The number of aliphatic hydroxyl groups is 1. The molecule has 0 saturated heterocycles. The molecular weight excluding hydrogens is 154 g/mol. The zero-order valence-electron chi connectivity index (χ0n) is 6.60. The maximum atomic E-state index is 9.37. The van der Waals surface area contributed by atoms with Crippen molar-refractivity contribution in [2.45, 2.75) is 18.8 Å². The van der Waals surface area contributed by atoms with Gasteiger partial charge in [0.15, 0.2) is 6.23 Å². The molecule has 0 saturated carbocycles. The maximum Gasteiger partial charge on any atom is 0.174 e. The van der Waals surface area contributed by atoms with Gasteiger partial charge in [0, 0.05) is 6.42 Å². The molecule has 1 aromatic carbocycles. The van der Waals surface area contributed by atoms with Crippen LogP contribution in [0.4, 0.5) is 0 Å². The van der Waals surface area contributed by atoms with Crippen molar-refractivity contribution in [2.24, 2.45) is 5.73 Å². The number of ether oxygens (including phenoxy) is 1. The van der Waals surface area contributed by atoms with Crippen molar-refractivity contribution in [2.75, 3.05) is 0 Å². The molecule has 2 rings (SSSR count). The minimum Gasteiger partial charge on any atom is -0.473 e. The van der Waals surface area contributed by atoms with E-state index in [4.69, 9.17) is 10.5 Å². The van der Waals surface area contributed by atoms with Crippen molar-refractivity contribution in [3.05, 3.63) is 29.8 Å². The van der Waals surface area contributed by atoms with E-state index in [0.717, 1.165) is 11.3 Å². The van der Waals surface area contributed by atoms with E-state index in [-0.39, 0.29) is 0 Å². The Morgan fingerprint density at radius 1 is 1.42 bits per heavy atom. The Bertz CT molecular complexity index is 259. The molecule has 0 unspecified atom stereocenters. The number of aliphatic hydroxyl groups excluding tert-OH is 1. The van der Waals surface area contributed by atoms with Crippen LogP contribution in [0.15, 0.2) is 24.3 Å². The second kappa shape index (κ2) is 2.77. The smallest absolute Gasteiger partial charge is 0.174 e. The topological polar surface area (TPSA) is 55.5 Å². The molecule has 1 aromatic rings. The fraction of sp³-hybridized carbons (Fsp3) is 0.333. The van der Waals surface area contributed by atoms with E-state index in [1.54, 1.807) is 0 Å². The van der Waals surface area contributed by atoms with Gasteiger partial charge in [0.1, 0.15) is 11.9 Å². The second-order valence-corrected chi connectivity index (χ2v) is 2.96. The first-order chi connectivity index (χ1) is 5.77. The van der Waals surface area contributed by atoms with E-state index in [1.165, 1.54) is 0 Å². The predicted octanol–water partition coefficient (Wildman–Crippen LogP) is 0.267. The van der Waals surface area contributed by atoms with E-state index in [2.05, 4.69) is 0 Å². The molecule has 1 heterocycles. The van der Waals surface area contributed by atoms with Crippen LogP contribution in [0.1, 0.15) is 5.56 Å². The van der Waals surface area contributed by atoms with Crippen molar-refractivity contribution < 1.29 is 9.84 Å². The zero-order chi connectivity index (χ0) is 8.55. The molecule has 1 aliphatic rings. The van der Waals surface area contributed by atoms with Gasteiger partial charge >= 0.3 is 0 Å². The summed E-state index contributed by atoms with van der Waals surface area (Å²) in [6.07, 6.45) is -0.586. The molecule has 0 fully saturated rings. The summed E-state index contributed by atoms with van der Waals surface area (Å²) in [4.78, 5) is 0. The van der Waals surface area contributed by atoms with Crippen LogP contribution in [-0.4, -0.2) is 17.4 Å². The first-order valence-electron chi connectivity index (χ1n) is 3.95. The van der Waals surface area contributed by atoms with E-state index >= 15 is 0 Å². The Labute approximate surface area is 70.8 Å². The highest BCUT2D eigenvalue weighted by Crippen LogP contribution is 2.25. The number of fused-ring (bicyclic) bond motifs is 1. The first kappa shape index (κ1) is 7.58. The van der Waals surface area contributed by atoms with Crippen molar-refractivity contribution in [1.29, 1.82) is 0 Å². The van der Waals surface area contributed by atoms with Gasteiger partial charge in [-0.15, -0.1) is 0 Å². The molecule has 0 bridgehead atoms. The number of benzene rings is 1. The van der Waals surface area contributed by atoms with Crippen LogP contribution >= 0.6 is 0 Å². The molecule has 1 aliphatic heterocycles. The van der Waals surface area contributed by atoms with Crippen LogP contribution in [0.5, 0.6) is 5.75 Å². The average Bonchev–Trinajstić information content (AvgIpc) is 2.07. The number of para-hydroxylation sites is 1. The lowest BCUT2D eigenvalue weighted by Gasteiger charge is -2.27. The lowest BCUT2D eigenvalue weighted by Crippen LogP contribution is -2.44. The molecule has 0 amide bonds.